The SMILES string of the molecule is CC(C)Cc1nc2[nH]ncc2c(-c2ccc3c(c2)OCC(=O)N3Cc2ncc(F)cc2F)c1C(N)=O.CC1CCCN(C2COC2)C1. The lowest BCUT2D eigenvalue weighted by Crippen LogP contribution is -2.52. The van der Waals surface area contributed by atoms with Gasteiger partial charge in [0.1, 0.15) is 17.4 Å². The molecular weight excluding hydrogens is 608 g/mol. The van der Waals surface area contributed by atoms with Gasteiger partial charge in [-0.25, -0.2) is 13.8 Å². The van der Waals surface area contributed by atoms with Gasteiger partial charge in [-0.1, -0.05) is 26.8 Å². The highest BCUT2D eigenvalue weighted by Gasteiger charge is 2.30. The molecule has 7 rings (SSSR count). The van der Waals surface area contributed by atoms with Crippen LogP contribution in [0.1, 0.15) is 55.4 Å². The van der Waals surface area contributed by atoms with Crippen molar-refractivity contribution in [3.05, 3.63) is 65.2 Å². The molecule has 1 atom stereocenters. The third kappa shape index (κ3) is 6.96. The van der Waals surface area contributed by atoms with Gasteiger partial charge in [-0.15, -0.1) is 0 Å². The lowest BCUT2D eigenvalue weighted by molar-refractivity contribution is -0.121. The number of nitrogens with one attached hydrogen (secondary N) is 1. The normalized spacial score (nSPS) is 18.4. The fraction of sp³-hybridized carbons (Fsp3) is 0.441. The minimum Gasteiger partial charge on any atom is -0.482 e. The first-order valence-electron chi connectivity index (χ1n) is 15.9. The van der Waals surface area contributed by atoms with Gasteiger partial charge < -0.3 is 15.2 Å². The number of pyridine rings is 2. The van der Waals surface area contributed by atoms with Crippen molar-refractivity contribution in [1.29, 1.82) is 0 Å². The molecule has 2 amide bonds. The summed E-state index contributed by atoms with van der Waals surface area (Å²) < 4.78 is 38.4. The molecular formula is C34H39F2N7O4. The Morgan fingerprint density at radius 2 is 1.98 bits per heavy atom. The maximum Gasteiger partial charge on any atom is 0.265 e. The highest BCUT2D eigenvalue weighted by Crippen LogP contribution is 2.40. The second kappa shape index (κ2) is 13.7. The average molecular weight is 648 g/mol. The number of hydrogen-bond acceptors (Lipinski definition) is 8. The maximum atomic E-state index is 14.2. The molecule has 0 spiro atoms. The summed E-state index contributed by atoms with van der Waals surface area (Å²) in [6, 6.07) is 6.53. The van der Waals surface area contributed by atoms with Crippen LogP contribution >= 0.6 is 0 Å². The number of rotatable bonds is 7. The monoisotopic (exact) mass is 647 g/mol. The van der Waals surface area contributed by atoms with Crippen molar-refractivity contribution in [2.75, 3.05) is 37.8 Å². The van der Waals surface area contributed by atoms with Crippen LogP contribution in [0.25, 0.3) is 22.2 Å². The summed E-state index contributed by atoms with van der Waals surface area (Å²) in [7, 11) is 0. The maximum absolute atomic E-state index is 14.2. The molecule has 3 aliphatic heterocycles. The Morgan fingerprint density at radius 1 is 1.17 bits per heavy atom. The van der Waals surface area contributed by atoms with E-state index in [4.69, 9.17) is 15.2 Å². The Balaban J connectivity index is 0.000000295. The van der Waals surface area contributed by atoms with Crippen LogP contribution in [0.2, 0.25) is 0 Å². The molecule has 0 aliphatic carbocycles. The number of amides is 2. The summed E-state index contributed by atoms with van der Waals surface area (Å²) in [5.74, 6) is -1.21. The second-order valence-electron chi connectivity index (χ2n) is 12.9. The number of benzene rings is 1. The summed E-state index contributed by atoms with van der Waals surface area (Å²) in [6.45, 7) is 10.5. The van der Waals surface area contributed by atoms with Gasteiger partial charge in [0.2, 0.25) is 0 Å². The van der Waals surface area contributed by atoms with E-state index in [-0.39, 0.29) is 24.8 Å². The zero-order valence-electron chi connectivity index (χ0n) is 26.8. The van der Waals surface area contributed by atoms with E-state index in [0.717, 1.165) is 37.4 Å². The minimum atomic E-state index is -0.852. The number of piperidine rings is 1. The lowest BCUT2D eigenvalue weighted by atomic mass is 9.92. The van der Waals surface area contributed by atoms with Gasteiger partial charge in [0.15, 0.2) is 12.3 Å². The van der Waals surface area contributed by atoms with Crippen molar-refractivity contribution in [3.63, 3.8) is 0 Å². The predicted octanol–water partition coefficient (Wildman–Crippen LogP) is 4.64. The van der Waals surface area contributed by atoms with Crippen molar-refractivity contribution in [2.45, 2.75) is 52.6 Å². The van der Waals surface area contributed by atoms with Gasteiger partial charge in [-0.3, -0.25) is 29.5 Å². The van der Waals surface area contributed by atoms with Crippen LogP contribution in [0.3, 0.4) is 0 Å². The fourth-order valence-corrected chi connectivity index (χ4v) is 6.35. The van der Waals surface area contributed by atoms with Crippen LogP contribution in [0.15, 0.2) is 36.7 Å². The highest BCUT2D eigenvalue weighted by atomic mass is 19.1. The zero-order chi connectivity index (χ0) is 33.2. The van der Waals surface area contributed by atoms with Gasteiger partial charge in [0.25, 0.3) is 11.8 Å². The van der Waals surface area contributed by atoms with E-state index in [2.05, 4.69) is 32.0 Å². The first-order valence-corrected chi connectivity index (χ1v) is 15.9. The number of hydrogen-bond donors (Lipinski definition) is 2. The fourth-order valence-electron chi connectivity index (χ4n) is 6.35. The molecule has 3 N–H and O–H groups in total. The molecule has 4 aromatic rings. The summed E-state index contributed by atoms with van der Waals surface area (Å²) in [6.07, 6.45) is 5.80. The number of likely N-dealkylation sites (tertiary alicyclic amines) is 1. The molecule has 0 saturated carbocycles. The first kappa shape index (κ1) is 32.5. The molecule has 0 radical (unpaired) electrons. The van der Waals surface area contributed by atoms with E-state index >= 15 is 0 Å². The lowest BCUT2D eigenvalue weighted by Gasteiger charge is -2.41. The van der Waals surface area contributed by atoms with E-state index in [0.29, 0.717) is 51.3 Å². The Bertz CT molecular complexity index is 1790. The van der Waals surface area contributed by atoms with Crippen LogP contribution in [0, 0.1) is 23.5 Å². The molecule has 248 valence electrons. The average Bonchev–Trinajstić information content (AvgIpc) is 3.46. The molecule has 3 aliphatic rings. The van der Waals surface area contributed by atoms with E-state index in [9.17, 15) is 18.4 Å². The zero-order valence-corrected chi connectivity index (χ0v) is 26.8. The molecule has 13 heteroatoms. The number of H-pyrrole nitrogens is 1. The van der Waals surface area contributed by atoms with Crippen LogP contribution in [-0.2, 0) is 22.5 Å². The Morgan fingerprint density at radius 3 is 2.66 bits per heavy atom. The van der Waals surface area contributed by atoms with Crippen LogP contribution in [0.4, 0.5) is 14.5 Å². The van der Waals surface area contributed by atoms with Gasteiger partial charge in [0, 0.05) is 23.6 Å². The van der Waals surface area contributed by atoms with Crippen molar-refractivity contribution in [1.82, 2.24) is 25.1 Å². The van der Waals surface area contributed by atoms with E-state index in [1.54, 1.807) is 24.4 Å². The standard InChI is InChI=1S/C25H22F2N6O3.C9H17NO/c1-12(2)5-17-23(24(28)35)22(15-9-30-32-25(15)31-17)13-3-4-19-20(6-13)36-11-21(34)33(19)10-18-16(27)7-14(26)8-29-18;1-8-3-2-4-10(5-8)9-6-11-7-9/h3-4,6-9,12H,5,10-11H2,1-2H3,(H2,28,35)(H,30,31,32);8-9H,2-7H2,1H3. The van der Waals surface area contributed by atoms with E-state index in [1.807, 2.05) is 13.8 Å². The number of carbonyl (C=O) groups excluding carboxylic acids is 2. The van der Waals surface area contributed by atoms with Crippen LogP contribution < -0.4 is 15.4 Å². The molecule has 1 unspecified atom stereocenters. The summed E-state index contributed by atoms with van der Waals surface area (Å²) in [5, 5.41) is 7.55. The quantitative estimate of drug-likeness (QED) is 0.296. The smallest absolute Gasteiger partial charge is 0.265 e. The summed E-state index contributed by atoms with van der Waals surface area (Å²) in [4.78, 5) is 37.5. The van der Waals surface area contributed by atoms with E-state index < -0.39 is 23.4 Å². The number of aromatic nitrogens is 4. The third-order valence-electron chi connectivity index (χ3n) is 8.73. The van der Waals surface area contributed by atoms with Gasteiger partial charge in [-0.05, 0) is 55.3 Å². The number of ether oxygens (including phenoxy) is 2. The largest absolute Gasteiger partial charge is 0.482 e. The number of carbonyl (C=O) groups is 2. The number of aromatic amines is 1. The Labute approximate surface area is 271 Å². The molecule has 3 aromatic heterocycles. The highest BCUT2D eigenvalue weighted by molar-refractivity contribution is 6.09. The Kier molecular flexibility index (Phi) is 9.46. The topological polar surface area (TPSA) is 140 Å². The second-order valence-corrected chi connectivity index (χ2v) is 12.9. The van der Waals surface area contributed by atoms with Crippen molar-refractivity contribution in [3.8, 4) is 16.9 Å². The number of primary amides is 1. The summed E-state index contributed by atoms with van der Waals surface area (Å²) in [5.41, 5.74) is 8.65. The van der Waals surface area contributed by atoms with Crippen LogP contribution in [0.5, 0.6) is 5.75 Å². The van der Waals surface area contributed by atoms with Gasteiger partial charge >= 0.3 is 0 Å². The molecule has 47 heavy (non-hydrogen) atoms. The third-order valence-corrected chi connectivity index (χ3v) is 8.73. The predicted molar refractivity (Wildman–Crippen MR) is 172 cm³/mol. The molecule has 2 fully saturated rings. The van der Waals surface area contributed by atoms with Crippen molar-refractivity contribution in [2.24, 2.45) is 17.6 Å². The van der Waals surface area contributed by atoms with Crippen LogP contribution in [-0.4, -0.2) is 75.8 Å². The van der Waals surface area contributed by atoms with Gasteiger partial charge in [-0.2, -0.15) is 5.10 Å². The Hall–Kier alpha value is -4.49. The number of halogens is 2. The first-order chi connectivity index (χ1) is 22.6. The van der Waals surface area contributed by atoms with Crippen molar-refractivity contribution < 1.29 is 27.8 Å². The van der Waals surface area contributed by atoms with E-state index in [1.165, 1.54) is 30.8 Å². The number of nitrogens with zero attached hydrogens (tertiary/aromatic N) is 5. The molecule has 0 bridgehead atoms. The molecule has 11 nitrogen and oxygen atoms in total. The summed E-state index contributed by atoms with van der Waals surface area (Å²) >= 11 is 0. The number of anilines is 1. The van der Waals surface area contributed by atoms with Crippen molar-refractivity contribution >= 4 is 28.5 Å². The van der Waals surface area contributed by atoms with Gasteiger partial charge in [0.05, 0.1) is 60.8 Å². The number of fused-ring (bicyclic) bond motifs is 2. The molecule has 6 heterocycles. The number of nitrogens with two attached hydrogens (primary N) is 1. The molecule has 1 aromatic carbocycles. The minimum absolute atomic E-state index is 0.0785. The molecule has 2 saturated heterocycles.